The Bertz CT molecular complexity index is 649. The topological polar surface area (TPSA) is 40.5 Å². The summed E-state index contributed by atoms with van der Waals surface area (Å²) >= 11 is 0. The molecule has 0 aromatic heterocycles. The molecule has 0 radical (unpaired) electrons. The first-order chi connectivity index (χ1) is 13.3. The maximum absolute atomic E-state index is 10.3. The van der Waals surface area contributed by atoms with E-state index in [-0.39, 0.29) is 11.7 Å². The van der Waals surface area contributed by atoms with Crippen molar-refractivity contribution in [3.63, 3.8) is 0 Å². The van der Waals surface area contributed by atoms with Gasteiger partial charge >= 0.3 is 0 Å². The first kappa shape index (κ1) is 19.6. The molecule has 2 heteroatoms. The molecule has 0 bridgehead atoms. The van der Waals surface area contributed by atoms with E-state index in [9.17, 15) is 10.2 Å². The zero-order chi connectivity index (χ0) is 19.7. The fourth-order valence-corrected chi connectivity index (χ4v) is 8.71. The van der Waals surface area contributed by atoms with E-state index in [1.165, 1.54) is 44.9 Å². The molecule has 0 heterocycles. The molecule has 5 aliphatic rings. The maximum Gasteiger partial charge on any atom is 0.0650 e. The van der Waals surface area contributed by atoms with E-state index in [4.69, 9.17) is 0 Å². The van der Waals surface area contributed by atoms with E-state index in [2.05, 4.69) is 26.8 Å². The van der Waals surface area contributed by atoms with Gasteiger partial charge in [0.05, 0.1) is 11.7 Å². The van der Waals surface area contributed by atoms with Gasteiger partial charge in [0.25, 0.3) is 0 Å². The van der Waals surface area contributed by atoms with Crippen molar-refractivity contribution in [1.82, 2.24) is 0 Å². The average Bonchev–Trinajstić information content (AvgIpc) is 3.29. The Kier molecular flexibility index (Phi) is 4.61. The molecule has 0 saturated heterocycles. The molecule has 5 aliphatic carbocycles. The van der Waals surface area contributed by atoms with Gasteiger partial charge in [-0.2, -0.15) is 0 Å². The third kappa shape index (κ3) is 2.96. The SMILES string of the molecule is C[C@H](CCC1(O)CC1)[C@H]1CC[C@H]2[C@@H]3CC=C4C[C@@H](O)CC[C@]4(C)[C@H]3CC[C@]12C. The molecule has 0 amide bonds. The van der Waals surface area contributed by atoms with Crippen molar-refractivity contribution in [2.24, 2.45) is 40.4 Å². The van der Waals surface area contributed by atoms with Crippen molar-refractivity contribution in [3.05, 3.63) is 11.6 Å². The van der Waals surface area contributed by atoms with Crippen LogP contribution in [0.5, 0.6) is 0 Å². The largest absolute Gasteiger partial charge is 0.393 e. The summed E-state index contributed by atoms with van der Waals surface area (Å²) in [4.78, 5) is 0. The fraction of sp³-hybridized carbons (Fsp3) is 0.923. The van der Waals surface area contributed by atoms with Gasteiger partial charge in [-0.15, -0.1) is 0 Å². The van der Waals surface area contributed by atoms with E-state index >= 15 is 0 Å². The molecule has 2 nitrogen and oxygen atoms in total. The van der Waals surface area contributed by atoms with Gasteiger partial charge in [0.2, 0.25) is 0 Å². The van der Waals surface area contributed by atoms with E-state index in [0.717, 1.165) is 61.7 Å². The van der Waals surface area contributed by atoms with Gasteiger partial charge in [0, 0.05) is 0 Å². The van der Waals surface area contributed by atoms with E-state index < -0.39 is 0 Å². The molecule has 0 aromatic rings. The van der Waals surface area contributed by atoms with Crippen LogP contribution in [0, 0.1) is 40.4 Å². The van der Waals surface area contributed by atoms with Crippen LogP contribution < -0.4 is 0 Å². The summed E-state index contributed by atoms with van der Waals surface area (Å²) in [6.07, 6.45) is 16.8. The Balaban J connectivity index is 1.33. The number of rotatable bonds is 4. The third-order valence-electron chi connectivity index (χ3n) is 10.7. The van der Waals surface area contributed by atoms with Crippen LogP contribution in [0.2, 0.25) is 0 Å². The zero-order valence-corrected chi connectivity index (χ0v) is 18.4. The van der Waals surface area contributed by atoms with Crippen molar-refractivity contribution < 1.29 is 10.2 Å². The van der Waals surface area contributed by atoms with Crippen molar-refractivity contribution in [3.8, 4) is 0 Å². The van der Waals surface area contributed by atoms with Crippen molar-refractivity contribution >= 4 is 0 Å². The quantitative estimate of drug-likeness (QED) is 0.593. The highest BCUT2D eigenvalue weighted by molar-refractivity contribution is 5.25. The molecule has 28 heavy (non-hydrogen) atoms. The zero-order valence-electron chi connectivity index (χ0n) is 18.4. The summed E-state index contributed by atoms with van der Waals surface area (Å²) in [5.41, 5.74) is 2.19. The maximum atomic E-state index is 10.3. The van der Waals surface area contributed by atoms with Gasteiger partial charge in [-0.05, 0) is 117 Å². The lowest BCUT2D eigenvalue weighted by Gasteiger charge is -2.58. The standard InChI is InChI=1S/C26H42O2/c1-17(8-13-26(28)14-15-26)21-6-7-22-20-5-4-18-16-19(27)9-11-24(18,2)23(20)10-12-25(21,22)3/h4,17,19-23,27-28H,5-16H2,1-3H3/t17-,19+,20+,21-,22+,23+,24+,25-/m1/s1. The van der Waals surface area contributed by atoms with Crippen LogP contribution in [0.15, 0.2) is 11.6 Å². The first-order valence-electron chi connectivity index (χ1n) is 12.4. The van der Waals surface area contributed by atoms with Crippen LogP contribution in [0.3, 0.4) is 0 Å². The minimum absolute atomic E-state index is 0.0947. The number of aliphatic hydroxyl groups is 2. The lowest BCUT2D eigenvalue weighted by atomic mass is 9.47. The molecule has 0 aromatic carbocycles. The second-order valence-electron chi connectivity index (χ2n) is 12.1. The Morgan fingerprint density at radius 1 is 1.04 bits per heavy atom. The third-order valence-corrected chi connectivity index (χ3v) is 10.7. The molecule has 158 valence electrons. The lowest BCUT2D eigenvalue weighted by molar-refractivity contribution is -0.0579. The Hall–Kier alpha value is -0.340. The van der Waals surface area contributed by atoms with Crippen LogP contribution >= 0.6 is 0 Å². The Morgan fingerprint density at radius 2 is 1.82 bits per heavy atom. The molecule has 0 unspecified atom stereocenters. The van der Waals surface area contributed by atoms with Gasteiger partial charge in [-0.1, -0.05) is 32.4 Å². The number of fused-ring (bicyclic) bond motifs is 5. The van der Waals surface area contributed by atoms with Gasteiger partial charge < -0.3 is 10.2 Å². The highest BCUT2D eigenvalue weighted by Crippen LogP contribution is 2.67. The molecule has 4 saturated carbocycles. The smallest absolute Gasteiger partial charge is 0.0650 e. The molecular formula is C26H42O2. The average molecular weight is 387 g/mol. The molecule has 0 spiro atoms. The monoisotopic (exact) mass is 386 g/mol. The van der Waals surface area contributed by atoms with Gasteiger partial charge in [0.1, 0.15) is 0 Å². The summed E-state index contributed by atoms with van der Waals surface area (Å²) in [6.45, 7) is 7.66. The minimum atomic E-state index is -0.282. The Morgan fingerprint density at radius 3 is 2.57 bits per heavy atom. The fourth-order valence-electron chi connectivity index (χ4n) is 8.71. The van der Waals surface area contributed by atoms with Gasteiger partial charge in [0.15, 0.2) is 0 Å². The van der Waals surface area contributed by atoms with Crippen LogP contribution in [-0.4, -0.2) is 21.9 Å². The van der Waals surface area contributed by atoms with Gasteiger partial charge in [-0.3, -0.25) is 0 Å². The predicted molar refractivity (Wildman–Crippen MR) is 114 cm³/mol. The van der Waals surface area contributed by atoms with Crippen molar-refractivity contribution in [2.75, 3.05) is 0 Å². The Labute approximate surface area is 172 Å². The number of hydrogen-bond acceptors (Lipinski definition) is 2. The van der Waals surface area contributed by atoms with Crippen molar-refractivity contribution in [2.45, 2.75) is 110 Å². The summed E-state index contributed by atoms with van der Waals surface area (Å²) < 4.78 is 0. The van der Waals surface area contributed by atoms with Crippen LogP contribution in [0.25, 0.3) is 0 Å². The predicted octanol–water partition coefficient (Wildman–Crippen LogP) is 5.87. The van der Waals surface area contributed by atoms with Crippen LogP contribution in [-0.2, 0) is 0 Å². The summed E-state index contributed by atoms with van der Waals surface area (Å²) in [5.74, 6) is 4.22. The first-order valence-corrected chi connectivity index (χ1v) is 12.4. The van der Waals surface area contributed by atoms with Crippen LogP contribution in [0.1, 0.15) is 97.8 Å². The van der Waals surface area contributed by atoms with Crippen LogP contribution in [0.4, 0.5) is 0 Å². The highest BCUT2D eigenvalue weighted by atomic mass is 16.3. The molecule has 0 aliphatic heterocycles. The van der Waals surface area contributed by atoms with E-state index in [0.29, 0.717) is 10.8 Å². The highest BCUT2D eigenvalue weighted by Gasteiger charge is 2.59. The molecular weight excluding hydrogens is 344 g/mol. The summed E-state index contributed by atoms with van der Waals surface area (Å²) in [6, 6.07) is 0. The summed E-state index contributed by atoms with van der Waals surface area (Å²) in [7, 11) is 0. The normalized spacial score (nSPS) is 50.2. The number of allylic oxidation sites excluding steroid dienone is 1. The second-order valence-corrected chi connectivity index (χ2v) is 12.1. The second kappa shape index (κ2) is 6.58. The van der Waals surface area contributed by atoms with E-state index in [1.54, 1.807) is 5.57 Å². The van der Waals surface area contributed by atoms with Crippen molar-refractivity contribution in [1.29, 1.82) is 0 Å². The van der Waals surface area contributed by atoms with Gasteiger partial charge in [-0.25, -0.2) is 0 Å². The molecule has 2 N–H and O–H groups in total. The number of aliphatic hydroxyl groups excluding tert-OH is 1. The molecule has 5 rings (SSSR count). The minimum Gasteiger partial charge on any atom is -0.393 e. The van der Waals surface area contributed by atoms with E-state index in [1.807, 2.05) is 0 Å². The molecule has 4 fully saturated rings. The number of hydrogen-bond donors (Lipinski definition) is 2. The lowest BCUT2D eigenvalue weighted by Crippen LogP contribution is -2.50. The summed E-state index contributed by atoms with van der Waals surface area (Å²) in [5, 5.41) is 20.5. The molecule has 8 atom stereocenters.